The molecular weight excluding hydrogens is 484 g/mol. The number of nitrogens with zero attached hydrogens (tertiary/aromatic N) is 1. The van der Waals surface area contributed by atoms with Crippen LogP contribution in [-0.2, 0) is 22.0 Å². The number of rotatable bonds is 5. The van der Waals surface area contributed by atoms with Gasteiger partial charge in [0.15, 0.2) is 0 Å². The fraction of sp³-hybridized carbons (Fsp3) is 0.520. The molecule has 2 amide bonds. The largest absolute Gasteiger partial charge is 0.365 e. The van der Waals surface area contributed by atoms with Gasteiger partial charge in [0.25, 0.3) is 11.8 Å². The third-order valence-electron chi connectivity index (χ3n) is 6.78. The minimum Gasteiger partial charge on any atom is -0.365 e. The first-order valence-electron chi connectivity index (χ1n) is 11.9. The maximum Gasteiger partial charge on any atom is 0.256 e. The first-order chi connectivity index (χ1) is 16.2. The zero-order valence-electron chi connectivity index (χ0n) is 20.9. The molecule has 3 heterocycles. The Morgan fingerprint density at radius 2 is 1.80 bits per heavy atom. The summed E-state index contributed by atoms with van der Waals surface area (Å²) in [5.74, 6) is -1.00. The lowest BCUT2D eigenvalue weighted by atomic mass is 9.81. The van der Waals surface area contributed by atoms with Crippen LogP contribution in [0.1, 0.15) is 85.0 Å². The lowest BCUT2D eigenvalue weighted by Gasteiger charge is -2.42. The normalized spacial score (nSPS) is 21.8. The highest BCUT2D eigenvalue weighted by atomic mass is 32.2. The minimum atomic E-state index is -3.62. The minimum absolute atomic E-state index is 0.0440. The first-order valence-corrected chi connectivity index (χ1v) is 14.2. The number of carbonyl (C=O) groups is 2. The van der Waals surface area contributed by atoms with Crippen LogP contribution in [0.4, 0.5) is 5.00 Å². The average Bonchev–Trinajstić information content (AvgIpc) is 3.11. The van der Waals surface area contributed by atoms with E-state index < -0.39 is 27.4 Å². The molecule has 4 rings (SSSR count). The van der Waals surface area contributed by atoms with E-state index in [-0.39, 0.29) is 16.5 Å². The van der Waals surface area contributed by atoms with Crippen molar-refractivity contribution in [2.75, 3.05) is 11.9 Å². The molecule has 8 nitrogen and oxygen atoms in total. The van der Waals surface area contributed by atoms with Crippen LogP contribution in [0, 0.1) is 0 Å². The van der Waals surface area contributed by atoms with Crippen molar-refractivity contribution in [1.82, 2.24) is 9.62 Å². The number of fused-ring (bicyclic) bond motifs is 1. The number of carbonyl (C=O) groups excluding carboxylic acids is 2. The molecule has 1 atom stereocenters. The molecule has 35 heavy (non-hydrogen) atoms. The van der Waals surface area contributed by atoms with Gasteiger partial charge in [0.05, 0.1) is 10.5 Å². The Kier molecular flexibility index (Phi) is 6.63. The number of amides is 2. The van der Waals surface area contributed by atoms with Crippen molar-refractivity contribution in [3.63, 3.8) is 0 Å². The van der Waals surface area contributed by atoms with E-state index in [4.69, 9.17) is 5.73 Å². The number of nitrogens with one attached hydrogen (secondary N) is 2. The van der Waals surface area contributed by atoms with Gasteiger partial charge < -0.3 is 16.4 Å². The molecule has 190 valence electrons. The summed E-state index contributed by atoms with van der Waals surface area (Å²) < 4.78 is 27.7. The van der Waals surface area contributed by atoms with E-state index in [1.54, 1.807) is 0 Å². The van der Waals surface area contributed by atoms with E-state index in [1.165, 1.54) is 39.9 Å². The molecule has 0 aliphatic carbocycles. The number of anilines is 1. The van der Waals surface area contributed by atoms with Crippen molar-refractivity contribution < 1.29 is 18.0 Å². The van der Waals surface area contributed by atoms with Gasteiger partial charge in [-0.2, -0.15) is 4.31 Å². The molecule has 0 saturated carbocycles. The highest BCUT2D eigenvalue weighted by Gasteiger charge is 2.41. The number of hydrogen-bond donors (Lipinski definition) is 3. The number of hydrogen-bond acceptors (Lipinski definition) is 6. The maximum atomic E-state index is 13.1. The molecule has 0 unspecified atom stereocenters. The Labute approximate surface area is 211 Å². The van der Waals surface area contributed by atoms with Crippen LogP contribution in [0.3, 0.4) is 0 Å². The Balaban J connectivity index is 1.60. The standard InChI is InChI=1S/C25H34N4O4S2/c1-15-8-6-7-13-29(15)35(32,33)17-11-9-16(10-12-17)22(31)27-23-19(21(26)30)18-14-24(2,3)28-25(4,5)20(18)34-23/h9-12,15,28H,6-8,13-14H2,1-5H3,(H2,26,30)(H,27,31)/t15-/m1/s1. The van der Waals surface area contributed by atoms with Crippen LogP contribution in [0.15, 0.2) is 29.2 Å². The summed E-state index contributed by atoms with van der Waals surface area (Å²) in [5.41, 5.74) is 6.63. The monoisotopic (exact) mass is 518 g/mol. The highest BCUT2D eigenvalue weighted by Crippen LogP contribution is 2.45. The summed E-state index contributed by atoms with van der Waals surface area (Å²) in [6, 6.07) is 5.90. The van der Waals surface area contributed by atoms with Gasteiger partial charge in [0.2, 0.25) is 10.0 Å². The van der Waals surface area contributed by atoms with Crippen molar-refractivity contribution in [2.24, 2.45) is 5.73 Å². The number of nitrogens with two attached hydrogens (primary N) is 1. The van der Waals surface area contributed by atoms with Crippen molar-refractivity contribution >= 4 is 38.2 Å². The fourth-order valence-electron chi connectivity index (χ4n) is 5.39. The number of primary amides is 1. The number of benzene rings is 1. The van der Waals surface area contributed by atoms with Gasteiger partial charge >= 0.3 is 0 Å². The fourth-order valence-corrected chi connectivity index (χ4v) is 8.37. The van der Waals surface area contributed by atoms with Crippen LogP contribution in [-0.4, -0.2) is 42.7 Å². The second kappa shape index (κ2) is 8.99. The third-order valence-corrected chi connectivity index (χ3v) is 10.3. The Bertz CT molecular complexity index is 1260. The van der Waals surface area contributed by atoms with Crippen LogP contribution in [0.5, 0.6) is 0 Å². The molecule has 1 aromatic heterocycles. The molecule has 4 N–H and O–H groups in total. The van der Waals surface area contributed by atoms with Crippen LogP contribution < -0.4 is 16.4 Å². The Morgan fingerprint density at radius 1 is 1.14 bits per heavy atom. The van der Waals surface area contributed by atoms with Gasteiger partial charge in [-0.15, -0.1) is 11.3 Å². The van der Waals surface area contributed by atoms with Crippen molar-refractivity contribution in [3.05, 3.63) is 45.8 Å². The molecule has 1 saturated heterocycles. The Hall–Kier alpha value is -2.27. The summed E-state index contributed by atoms with van der Waals surface area (Å²) >= 11 is 1.35. The quantitative estimate of drug-likeness (QED) is 0.556. The van der Waals surface area contributed by atoms with Crippen LogP contribution >= 0.6 is 11.3 Å². The zero-order chi connectivity index (χ0) is 25.8. The van der Waals surface area contributed by atoms with Gasteiger partial charge in [-0.25, -0.2) is 8.42 Å². The third kappa shape index (κ3) is 4.89. The molecule has 10 heteroatoms. The molecule has 1 aromatic carbocycles. The van der Waals surface area contributed by atoms with Gasteiger partial charge in [-0.3, -0.25) is 9.59 Å². The molecule has 2 aliphatic rings. The van der Waals surface area contributed by atoms with E-state index in [0.29, 0.717) is 29.1 Å². The number of sulfonamides is 1. The zero-order valence-corrected chi connectivity index (χ0v) is 22.5. The van der Waals surface area contributed by atoms with E-state index in [9.17, 15) is 18.0 Å². The average molecular weight is 519 g/mol. The molecule has 1 fully saturated rings. The summed E-state index contributed by atoms with van der Waals surface area (Å²) in [7, 11) is -3.62. The molecule has 0 radical (unpaired) electrons. The molecule has 0 spiro atoms. The summed E-state index contributed by atoms with van der Waals surface area (Å²) in [4.78, 5) is 26.6. The van der Waals surface area contributed by atoms with Crippen molar-refractivity contribution in [1.29, 1.82) is 0 Å². The summed E-state index contributed by atoms with van der Waals surface area (Å²) in [6.45, 7) is 10.7. The van der Waals surface area contributed by atoms with Crippen molar-refractivity contribution in [3.8, 4) is 0 Å². The highest BCUT2D eigenvalue weighted by molar-refractivity contribution is 7.89. The van der Waals surface area contributed by atoms with Gasteiger partial charge in [0.1, 0.15) is 5.00 Å². The maximum absolute atomic E-state index is 13.1. The second-order valence-corrected chi connectivity index (χ2v) is 13.6. The van der Waals surface area contributed by atoms with Gasteiger partial charge in [-0.1, -0.05) is 6.42 Å². The van der Waals surface area contributed by atoms with E-state index in [2.05, 4.69) is 24.5 Å². The predicted molar refractivity (Wildman–Crippen MR) is 138 cm³/mol. The summed E-state index contributed by atoms with van der Waals surface area (Å²) in [6.07, 6.45) is 3.32. The topological polar surface area (TPSA) is 122 Å². The van der Waals surface area contributed by atoms with E-state index in [1.807, 2.05) is 20.8 Å². The molecular formula is C25H34N4O4S2. The Morgan fingerprint density at radius 3 is 2.40 bits per heavy atom. The number of piperidine rings is 1. The lowest BCUT2D eigenvalue weighted by Crippen LogP contribution is -2.55. The predicted octanol–water partition coefficient (Wildman–Crippen LogP) is 3.82. The van der Waals surface area contributed by atoms with Crippen LogP contribution in [0.2, 0.25) is 0 Å². The van der Waals surface area contributed by atoms with Gasteiger partial charge in [-0.05, 0) is 83.7 Å². The molecule has 0 bridgehead atoms. The number of thiophene rings is 1. The summed E-state index contributed by atoms with van der Waals surface area (Å²) in [5, 5.41) is 6.85. The van der Waals surface area contributed by atoms with Crippen LogP contribution in [0.25, 0.3) is 0 Å². The van der Waals surface area contributed by atoms with E-state index in [0.717, 1.165) is 29.7 Å². The molecule has 2 aromatic rings. The molecule has 2 aliphatic heterocycles. The lowest BCUT2D eigenvalue weighted by molar-refractivity contribution is 0.0999. The first kappa shape index (κ1) is 25.8. The SMILES string of the molecule is C[C@@H]1CCCCN1S(=O)(=O)c1ccc(C(=O)Nc2sc3c(c2C(N)=O)CC(C)(C)NC3(C)C)cc1. The van der Waals surface area contributed by atoms with Crippen molar-refractivity contribution in [2.45, 2.75) is 82.3 Å². The van der Waals surface area contributed by atoms with Gasteiger partial charge in [0, 0.05) is 34.1 Å². The smallest absolute Gasteiger partial charge is 0.256 e. The van der Waals surface area contributed by atoms with E-state index >= 15 is 0 Å². The second-order valence-electron chi connectivity index (χ2n) is 10.7.